The van der Waals surface area contributed by atoms with E-state index in [2.05, 4.69) is 27.9 Å². The maximum absolute atomic E-state index is 11.8. The van der Waals surface area contributed by atoms with Crippen LogP contribution in [0.25, 0.3) is 6.08 Å². The number of nitro benzene ring substituents is 1. The molecule has 1 fully saturated rings. The molecule has 1 saturated heterocycles. The van der Waals surface area contributed by atoms with Gasteiger partial charge in [-0.1, -0.05) is 0 Å². The zero-order valence-corrected chi connectivity index (χ0v) is 18.1. The fraction of sp³-hybridized carbons (Fsp3) is 0.158. The van der Waals surface area contributed by atoms with Crippen molar-refractivity contribution in [2.24, 2.45) is 0 Å². The van der Waals surface area contributed by atoms with Gasteiger partial charge in [0, 0.05) is 12.1 Å². The van der Waals surface area contributed by atoms with Crippen LogP contribution in [0.3, 0.4) is 0 Å². The Hall–Kier alpha value is -2.60. The van der Waals surface area contributed by atoms with Crippen LogP contribution in [-0.2, 0) is 11.4 Å². The van der Waals surface area contributed by atoms with Crippen molar-refractivity contribution in [1.29, 1.82) is 0 Å². The lowest BCUT2D eigenvalue weighted by molar-refractivity contribution is -0.384. The van der Waals surface area contributed by atoms with Crippen molar-refractivity contribution < 1.29 is 24.0 Å². The summed E-state index contributed by atoms with van der Waals surface area (Å²) in [6.07, 6.45) is 1.62. The number of carbonyl (C=O) groups excluding carboxylic acids is 2. The molecule has 3 rings (SSSR count). The van der Waals surface area contributed by atoms with E-state index in [1.807, 2.05) is 13.0 Å². The van der Waals surface area contributed by atoms with Crippen LogP contribution in [0.2, 0.25) is 0 Å². The van der Waals surface area contributed by atoms with Crippen LogP contribution in [-0.4, -0.2) is 22.7 Å². The Morgan fingerprint density at radius 1 is 1.21 bits per heavy atom. The Labute approximate surface area is 183 Å². The van der Waals surface area contributed by atoms with Crippen LogP contribution in [0.1, 0.15) is 18.1 Å². The van der Waals surface area contributed by atoms with E-state index in [-0.39, 0.29) is 12.3 Å². The molecule has 0 aromatic heterocycles. The van der Waals surface area contributed by atoms with Gasteiger partial charge in [-0.05, 0) is 82.7 Å². The molecule has 0 bridgehead atoms. The summed E-state index contributed by atoms with van der Waals surface area (Å²) in [5.74, 6) is 0.613. The molecule has 1 N–H and O–H groups in total. The molecule has 0 aliphatic carbocycles. The molecular formula is C19H15IN2O6S. The first kappa shape index (κ1) is 21.1. The van der Waals surface area contributed by atoms with E-state index in [1.165, 1.54) is 12.1 Å². The molecule has 2 amide bonds. The maximum Gasteiger partial charge on any atom is 0.290 e. The lowest BCUT2D eigenvalue weighted by Crippen LogP contribution is -2.17. The lowest BCUT2D eigenvalue weighted by atomic mass is 10.1. The van der Waals surface area contributed by atoms with Gasteiger partial charge in [0.25, 0.3) is 16.8 Å². The number of halogens is 1. The van der Waals surface area contributed by atoms with E-state index >= 15 is 0 Å². The number of hydrogen-bond donors (Lipinski definition) is 1. The van der Waals surface area contributed by atoms with Gasteiger partial charge in [0.05, 0.1) is 20.0 Å². The fourth-order valence-electron chi connectivity index (χ4n) is 2.52. The number of hydrogen-bond acceptors (Lipinski definition) is 7. The van der Waals surface area contributed by atoms with E-state index in [1.54, 1.807) is 24.3 Å². The Bertz CT molecular complexity index is 1010. The van der Waals surface area contributed by atoms with Crippen molar-refractivity contribution in [1.82, 2.24) is 5.32 Å². The molecule has 2 aromatic rings. The molecule has 0 spiro atoms. The molecule has 1 aliphatic rings. The second-order valence-corrected chi connectivity index (χ2v) is 8.00. The number of rotatable bonds is 7. The molecule has 0 radical (unpaired) electrons. The number of imide groups is 1. The predicted octanol–water partition coefficient (Wildman–Crippen LogP) is 4.50. The first-order valence-electron chi connectivity index (χ1n) is 8.44. The summed E-state index contributed by atoms with van der Waals surface area (Å²) in [4.78, 5) is 33.7. The van der Waals surface area contributed by atoms with Gasteiger partial charge in [-0.25, -0.2) is 0 Å². The van der Waals surface area contributed by atoms with Gasteiger partial charge in [0.2, 0.25) is 0 Å². The number of carbonyl (C=O) groups is 2. The third-order valence-corrected chi connectivity index (χ3v) is 5.41. The Morgan fingerprint density at radius 2 is 1.93 bits per heavy atom. The minimum atomic E-state index is -0.454. The lowest BCUT2D eigenvalue weighted by Gasteiger charge is -2.15. The molecule has 2 aromatic carbocycles. The predicted molar refractivity (Wildman–Crippen MR) is 117 cm³/mol. The van der Waals surface area contributed by atoms with Gasteiger partial charge in [0.1, 0.15) is 6.61 Å². The highest BCUT2D eigenvalue weighted by Gasteiger charge is 2.25. The number of nitro groups is 1. The van der Waals surface area contributed by atoms with Crippen molar-refractivity contribution in [3.8, 4) is 11.5 Å². The highest BCUT2D eigenvalue weighted by atomic mass is 127. The number of nitrogens with zero attached hydrogens (tertiary/aromatic N) is 1. The van der Waals surface area contributed by atoms with Crippen molar-refractivity contribution in [2.45, 2.75) is 13.5 Å². The average Bonchev–Trinajstić information content (AvgIpc) is 2.98. The van der Waals surface area contributed by atoms with Gasteiger partial charge in [-0.3, -0.25) is 25.0 Å². The normalized spacial score (nSPS) is 14.8. The highest BCUT2D eigenvalue weighted by Crippen LogP contribution is 2.36. The molecule has 0 saturated carbocycles. The summed E-state index contributed by atoms with van der Waals surface area (Å²) in [5.41, 5.74) is 1.49. The highest BCUT2D eigenvalue weighted by molar-refractivity contribution is 14.1. The van der Waals surface area contributed by atoms with E-state index in [0.29, 0.717) is 28.6 Å². The molecule has 150 valence electrons. The molecule has 0 unspecified atom stereocenters. The van der Waals surface area contributed by atoms with Crippen LogP contribution in [0.4, 0.5) is 10.5 Å². The van der Waals surface area contributed by atoms with Crippen LogP contribution < -0.4 is 14.8 Å². The Balaban J connectivity index is 1.82. The van der Waals surface area contributed by atoms with Crippen molar-refractivity contribution in [3.05, 3.63) is 66.1 Å². The monoisotopic (exact) mass is 526 g/mol. The summed E-state index contributed by atoms with van der Waals surface area (Å²) in [5, 5.41) is 12.6. The van der Waals surface area contributed by atoms with Crippen LogP contribution >= 0.6 is 34.4 Å². The molecule has 8 nitrogen and oxygen atoms in total. The van der Waals surface area contributed by atoms with Gasteiger partial charge in [-0.2, -0.15) is 0 Å². The molecular weight excluding hydrogens is 511 g/mol. The smallest absolute Gasteiger partial charge is 0.290 e. The summed E-state index contributed by atoms with van der Waals surface area (Å²) in [7, 11) is 0. The number of amides is 2. The van der Waals surface area contributed by atoms with E-state index in [0.717, 1.165) is 20.9 Å². The standard InChI is InChI=1S/C19H15IN2O6S/c1-2-27-15-8-12(9-16-18(23)21-19(24)29-16)7-14(20)17(15)28-10-11-3-5-13(6-4-11)22(25)26/h3-9H,2,10H2,1H3,(H,21,23,24)/b16-9-. The van der Waals surface area contributed by atoms with Gasteiger partial charge in [0.15, 0.2) is 11.5 Å². The van der Waals surface area contributed by atoms with E-state index < -0.39 is 16.1 Å². The fourth-order valence-corrected chi connectivity index (χ4v) is 3.98. The Kier molecular flexibility index (Phi) is 6.75. The van der Waals surface area contributed by atoms with Crippen LogP contribution in [0.15, 0.2) is 41.3 Å². The third kappa shape index (κ3) is 5.26. The zero-order valence-electron chi connectivity index (χ0n) is 15.1. The second kappa shape index (κ2) is 9.27. The number of benzene rings is 2. The molecule has 29 heavy (non-hydrogen) atoms. The molecule has 0 atom stereocenters. The van der Waals surface area contributed by atoms with Gasteiger partial charge >= 0.3 is 0 Å². The van der Waals surface area contributed by atoms with Gasteiger partial charge < -0.3 is 9.47 Å². The zero-order chi connectivity index (χ0) is 21.0. The summed E-state index contributed by atoms with van der Waals surface area (Å²) >= 11 is 2.95. The first-order valence-corrected chi connectivity index (χ1v) is 10.3. The number of nitrogens with one attached hydrogen (secondary N) is 1. The molecule has 1 heterocycles. The third-order valence-electron chi connectivity index (χ3n) is 3.80. The van der Waals surface area contributed by atoms with Crippen molar-refractivity contribution in [3.63, 3.8) is 0 Å². The van der Waals surface area contributed by atoms with E-state index in [4.69, 9.17) is 9.47 Å². The van der Waals surface area contributed by atoms with Gasteiger partial charge in [-0.15, -0.1) is 0 Å². The summed E-state index contributed by atoms with van der Waals surface area (Å²) in [6.45, 7) is 2.47. The van der Waals surface area contributed by atoms with Crippen LogP contribution in [0, 0.1) is 13.7 Å². The summed E-state index contributed by atoms with van der Waals surface area (Å²) < 4.78 is 12.4. The topological polar surface area (TPSA) is 108 Å². The molecule has 1 aliphatic heterocycles. The number of ether oxygens (including phenoxy) is 2. The quantitative estimate of drug-likeness (QED) is 0.245. The first-order chi connectivity index (χ1) is 13.9. The van der Waals surface area contributed by atoms with E-state index in [9.17, 15) is 19.7 Å². The maximum atomic E-state index is 11.8. The largest absolute Gasteiger partial charge is 0.490 e. The Morgan fingerprint density at radius 3 is 2.52 bits per heavy atom. The average molecular weight is 526 g/mol. The van der Waals surface area contributed by atoms with Crippen LogP contribution in [0.5, 0.6) is 11.5 Å². The number of non-ortho nitro benzene ring substituents is 1. The van der Waals surface area contributed by atoms with Crippen molar-refractivity contribution in [2.75, 3.05) is 6.61 Å². The number of thioether (sulfide) groups is 1. The minimum Gasteiger partial charge on any atom is -0.490 e. The second-order valence-electron chi connectivity index (χ2n) is 5.83. The summed E-state index contributed by atoms with van der Waals surface area (Å²) in [6, 6.07) is 9.68. The SMILES string of the molecule is CCOc1cc(/C=C2\SC(=O)NC2=O)cc(I)c1OCc1ccc([N+](=O)[O-])cc1. The molecule has 10 heteroatoms. The minimum absolute atomic E-state index is 0.0167. The van der Waals surface area contributed by atoms with Crippen molar-refractivity contribution >= 4 is 57.3 Å².